The van der Waals surface area contributed by atoms with Crippen LogP contribution in [0.4, 0.5) is 5.00 Å². The predicted molar refractivity (Wildman–Crippen MR) is 70.8 cm³/mol. The van der Waals surface area contributed by atoms with Gasteiger partial charge in [0.05, 0.1) is 5.00 Å². The van der Waals surface area contributed by atoms with E-state index in [1.54, 1.807) is 11.3 Å². The number of fused-ring (bicyclic) bond motifs is 1. The van der Waals surface area contributed by atoms with Gasteiger partial charge in [0.2, 0.25) is 0 Å². The zero-order valence-electron chi connectivity index (χ0n) is 8.95. The summed E-state index contributed by atoms with van der Waals surface area (Å²) in [6.07, 6.45) is 0. The first-order valence-corrected chi connectivity index (χ1v) is 6.05. The molecule has 2 heterocycles. The molecule has 2 aromatic heterocycles. The molecule has 1 aromatic carbocycles. The van der Waals surface area contributed by atoms with Gasteiger partial charge in [-0.05, 0) is 24.6 Å². The molecule has 0 aliphatic heterocycles. The lowest BCUT2D eigenvalue weighted by molar-refractivity contribution is 1.30. The van der Waals surface area contributed by atoms with Crippen LogP contribution in [0.25, 0.3) is 22.0 Å². The first kappa shape index (κ1) is 9.48. The molecule has 3 heteroatoms. The van der Waals surface area contributed by atoms with Gasteiger partial charge in [-0.1, -0.05) is 18.2 Å². The molecule has 3 N–H and O–H groups in total. The highest BCUT2D eigenvalue weighted by Gasteiger charge is 2.10. The minimum Gasteiger partial charge on any atom is -0.391 e. The molecule has 0 saturated heterocycles. The van der Waals surface area contributed by atoms with Crippen LogP contribution >= 0.6 is 11.3 Å². The van der Waals surface area contributed by atoms with Crippen molar-refractivity contribution in [1.29, 1.82) is 0 Å². The Labute approximate surface area is 97.7 Å². The number of anilines is 1. The first-order chi connectivity index (χ1) is 7.75. The summed E-state index contributed by atoms with van der Waals surface area (Å²) in [5, 5.41) is 4.23. The maximum absolute atomic E-state index is 5.79. The van der Waals surface area contributed by atoms with Crippen LogP contribution in [0.1, 0.15) is 5.69 Å². The molecule has 0 atom stereocenters. The van der Waals surface area contributed by atoms with Crippen LogP contribution in [0.15, 0.2) is 35.7 Å². The number of rotatable bonds is 1. The van der Waals surface area contributed by atoms with Gasteiger partial charge in [0, 0.05) is 27.5 Å². The number of hydrogen-bond acceptors (Lipinski definition) is 2. The molecule has 0 aliphatic rings. The second-order valence-corrected chi connectivity index (χ2v) is 4.85. The van der Waals surface area contributed by atoms with Crippen molar-refractivity contribution in [3.05, 3.63) is 41.4 Å². The van der Waals surface area contributed by atoms with Crippen LogP contribution in [-0.2, 0) is 0 Å². The predicted octanol–water partition coefficient (Wildman–Crippen LogP) is 3.79. The van der Waals surface area contributed by atoms with Crippen molar-refractivity contribution < 1.29 is 0 Å². The standard InChI is InChI=1S/C13H12N2S/c1-8-13(9-6-12(14)16-7-9)10-4-2-3-5-11(10)15-8/h2-7,15H,14H2,1H3. The summed E-state index contributed by atoms with van der Waals surface area (Å²) in [4.78, 5) is 3.40. The van der Waals surface area contributed by atoms with E-state index < -0.39 is 0 Å². The fraction of sp³-hybridized carbons (Fsp3) is 0.0769. The average Bonchev–Trinajstić information content (AvgIpc) is 2.80. The highest BCUT2D eigenvalue weighted by atomic mass is 32.1. The molecule has 16 heavy (non-hydrogen) atoms. The molecule has 2 nitrogen and oxygen atoms in total. The third-order valence-electron chi connectivity index (χ3n) is 2.80. The van der Waals surface area contributed by atoms with Gasteiger partial charge in [-0.3, -0.25) is 0 Å². The van der Waals surface area contributed by atoms with Gasteiger partial charge < -0.3 is 10.7 Å². The van der Waals surface area contributed by atoms with Gasteiger partial charge in [-0.15, -0.1) is 11.3 Å². The molecule has 0 bridgehead atoms. The van der Waals surface area contributed by atoms with Gasteiger partial charge in [0.15, 0.2) is 0 Å². The summed E-state index contributed by atoms with van der Waals surface area (Å²) in [5.74, 6) is 0. The van der Waals surface area contributed by atoms with Gasteiger partial charge in [-0.2, -0.15) is 0 Å². The number of H-pyrrole nitrogens is 1. The van der Waals surface area contributed by atoms with Crippen LogP contribution < -0.4 is 5.73 Å². The molecule has 3 rings (SSSR count). The molecular formula is C13H12N2S. The van der Waals surface area contributed by atoms with Gasteiger partial charge in [0.1, 0.15) is 0 Å². The van der Waals surface area contributed by atoms with E-state index in [1.165, 1.54) is 27.7 Å². The van der Waals surface area contributed by atoms with Gasteiger partial charge in [0.25, 0.3) is 0 Å². The lowest BCUT2D eigenvalue weighted by atomic mass is 10.1. The lowest BCUT2D eigenvalue weighted by Crippen LogP contribution is -1.77. The fourth-order valence-corrected chi connectivity index (χ4v) is 2.78. The monoisotopic (exact) mass is 228 g/mol. The molecule has 0 unspecified atom stereocenters. The van der Waals surface area contributed by atoms with Crippen LogP contribution in [0.3, 0.4) is 0 Å². The van der Waals surface area contributed by atoms with Crippen molar-refractivity contribution in [3.63, 3.8) is 0 Å². The van der Waals surface area contributed by atoms with Crippen LogP contribution in [0.5, 0.6) is 0 Å². The number of aryl methyl sites for hydroxylation is 1. The summed E-state index contributed by atoms with van der Waals surface area (Å²) in [6.45, 7) is 2.10. The van der Waals surface area contributed by atoms with Crippen molar-refractivity contribution in [2.24, 2.45) is 0 Å². The number of aromatic nitrogens is 1. The number of nitrogen functional groups attached to an aromatic ring is 1. The molecule has 0 amide bonds. The van der Waals surface area contributed by atoms with E-state index in [4.69, 9.17) is 5.73 Å². The Morgan fingerprint density at radius 2 is 2.06 bits per heavy atom. The van der Waals surface area contributed by atoms with E-state index in [0.29, 0.717) is 0 Å². The maximum Gasteiger partial charge on any atom is 0.0862 e. The molecule has 0 aliphatic carbocycles. The van der Waals surface area contributed by atoms with Crippen LogP contribution in [0, 0.1) is 6.92 Å². The molecule has 0 saturated carbocycles. The van der Waals surface area contributed by atoms with Crippen molar-refractivity contribution in [1.82, 2.24) is 4.98 Å². The third kappa shape index (κ3) is 1.32. The smallest absolute Gasteiger partial charge is 0.0862 e. The number of benzene rings is 1. The van der Waals surface area contributed by atoms with E-state index >= 15 is 0 Å². The third-order valence-corrected chi connectivity index (χ3v) is 3.56. The minimum absolute atomic E-state index is 0.861. The van der Waals surface area contributed by atoms with E-state index in [9.17, 15) is 0 Å². The Kier molecular flexibility index (Phi) is 2.01. The zero-order chi connectivity index (χ0) is 11.1. The van der Waals surface area contributed by atoms with Crippen molar-refractivity contribution in [2.45, 2.75) is 6.92 Å². The average molecular weight is 228 g/mol. The Balaban J connectivity index is 2.34. The van der Waals surface area contributed by atoms with Gasteiger partial charge in [-0.25, -0.2) is 0 Å². The molecule has 3 aromatic rings. The minimum atomic E-state index is 0.861. The Morgan fingerprint density at radius 3 is 2.81 bits per heavy atom. The van der Waals surface area contributed by atoms with E-state index in [1.807, 2.05) is 12.1 Å². The quantitative estimate of drug-likeness (QED) is 0.653. The van der Waals surface area contributed by atoms with E-state index in [-0.39, 0.29) is 0 Å². The fourth-order valence-electron chi connectivity index (χ4n) is 2.13. The number of thiophene rings is 1. The molecular weight excluding hydrogens is 216 g/mol. The maximum atomic E-state index is 5.79. The Morgan fingerprint density at radius 1 is 1.25 bits per heavy atom. The molecule has 0 radical (unpaired) electrons. The van der Waals surface area contributed by atoms with Crippen LogP contribution in [-0.4, -0.2) is 4.98 Å². The number of para-hydroxylation sites is 1. The largest absolute Gasteiger partial charge is 0.391 e. The summed E-state index contributed by atoms with van der Waals surface area (Å²) in [7, 11) is 0. The zero-order valence-corrected chi connectivity index (χ0v) is 9.77. The van der Waals surface area contributed by atoms with Gasteiger partial charge >= 0.3 is 0 Å². The lowest BCUT2D eigenvalue weighted by Gasteiger charge is -1.96. The summed E-state index contributed by atoms with van der Waals surface area (Å²) >= 11 is 1.58. The van der Waals surface area contributed by atoms with Crippen LogP contribution in [0.2, 0.25) is 0 Å². The molecule has 0 fully saturated rings. The SMILES string of the molecule is Cc1[nH]c2ccccc2c1-c1csc(N)c1. The first-order valence-electron chi connectivity index (χ1n) is 5.17. The van der Waals surface area contributed by atoms with E-state index in [0.717, 1.165) is 5.00 Å². The summed E-state index contributed by atoms with van der Waals surface area (Å²) in [6, 6.07) is 10.4. The second kappa shape index (κ2) is 3.39. The number of aromatic amines is 1. The topological polar surface area (TPSA) is 41.8 Å². The summed E-state index contributed by atoms with van der Waals surface area (Å²) in [5.41, 5.74) is 10.6. The van der Waals surface area contributed by atoms with Crippen molar-refractivity contribution >= 4 is 27.2 Å². The number of hydrogen-bond donors (Lipinski definition) is 2. The van der Waals surface area contributed by atoms with Crippen molar-refractivity contribution in [3.8, 4) is 11.1 Å². The molecule has 0 spiro atoms. The number of nitrogens with one attached hydrogen (secondary N) is 1. The Hall–Kier alpha value is -1.74. The second-order valence-electron chi connectivity index (χ2n) is 3.91. The number of nitrogens with two attached hydrogens (primary N) is 1. The normalized spacial score (nSPS) is 11.1. The molecule has 80 valence electrons. The summed E-state index contributed by atoms with van der Waals surface area (Å²) < 4.78 is 0. The highest BCUT2D eigenvalue weighted by molar-refractivity contribution is 7.14. The Bertz CT molecular complexity index is 649. The van der Waals surface area contributed by atoms with E-state index in [2.05, 4.69) is 35.5 Å². The van der Waals surface area contributed by atoms with Crippen molar-refractivity contribution in [2.75, 3.05) is 5.73 Å². The highest BCUT2D eigenvalue weighted by Crippen LogP contribution is 2.35.